The van der Waals surface area contributed by atoms with E-state index in [2.05, 4.69) is 0 Å². The minimum Gasteiger partial charge on any atom is -0.497 e. The number of hydrogen-bond acceptors (Lipinski definition) is 3. The number of methoxy groups -OCH3 is 1. The molecule has 0 amide bonds. The molecule has 0 radical (unpaired) electrons. The van der Waals surface area contributed by atoms with Crippen molar-refractivity contribution < 1.29 is 22.1 Å². The zero-order chi connectivity index (χ0) is 13.8. The fourth-order valence-electron chi connectivity index (χ4n) is 1.42. The fourth-order valence-corrected chi connectivity index (χ4v) is 2.74. The van der Waals surface area contributed by atoms with Crippen LogP contribution in [0, 0.1) is 0 Å². The van der Waals surface area contributed by atoms with E-state index in [-0.39, 0.29) is 17.9 Å². The van der Waals surface area contributed by atoms with Crippen LogP contribution in [0.4, 0.5) is 13.2 Å². The molecule has 1 rings (SSSR count). The second-order valence-corrected chi connectivity index (χ2v) is 5.22. The summed E-state index contributed by atoms with van der Waals surface area (Å²) in [6.45, 7) is -0.161. The van der Waals surface area contributed by atoms with Crippen LogP contribution in [0.15, 0.2) is 29.2 Å². The molecule has 2 unspecified atom stereocenters. The van der Waals surface area contributed by atoms with Gasteiger partial charge in [0.1, 0.15) is 11.0 Å². The lowest BCUT2D eigenvalue weighted by Gasteiger charge is -2.19. The van der Waals surface area contributed by atoms with Crippen LogP contribution in [0.25, 0.3) is 0 Å². The SMILES string of the molecule is COc1ccc(S(=O)C(CCN)C(F)(F)F)cc1. The van der Waals surface area contributed by atoms with Crippen molar-refractivity contribution in [2.75, 3.05) is 13.7 Å². The Morgan fingerprint density at radius 1 is 1.33 bits per heavy atom. The largest absolute Gasteiger partial charge is 0.497 e. The van der Waals surface area contributed by atoms with Crippen LogP contribution in [0.5, 0.6) is 5.75 Å². The lowest BCUT2D eigenvalue weighted by atomic mass is 10.3. The molecule has 1 aromatic carbocycles. The molecule has 0 aliphatic heterocycles. The number of alkyl halides is 3. The number of nitrogens with two attached hydrogens (primary N) is 1. The minimum atomic E-state index is -4.52. The second-order valence-electron chi connectivity index (χ2n) is 3.58. The predicted octanol–water partition coefficient (Wildman–Crippen LogP) is 2.08. The number of benzene rings is 1. The normalized spacial score (nSPS) is 15.2. The van der Waals surface area contributed by atoms with Crippen LogP contribution < -0.4 is 10.5 Å². The summed E-state index contributed by atoms with van der Waals surface area (Å²) in [4.78, 5) is 0.117. The third-order valence-corrected chi connectivity index (χ3v) is 4.10. The van der Waals surface area contributed by atoms with Gasteiger partial charge in [-0.3, -0.25) is 4.21 Å². The molecule has 1 aromatic rings. The van der Waals surface area contributed by atoms with Crippen molar-refractivity contribution in [2.24, 2.45) is 5.73 Å². The number of rotatable bonds is 5. The van der Waals surface area contributed by atoms with E-state index in [1.165, 1.54) is 31.4 Å². The van der Waals surface area contributed by atoms with Crippen molar-refractivity contribution in [3.05, 3.63) is 24.3 Å². The van der Waals surface area contributed by atoms with Gasteiger partial charge in [-0.05, 0) is 37.2 Å². The molecule has 3 nitrogen and oxygen atoms in total. The topological polar surface area (TPSA) is 52.3 Å². The highest BCUT2D eigenvalue weighted by Gasteiger charge is 2.43. The van der Waals surface area contributed by atoms with Crippen LogP contribution in [0.3, 0.4) is 0 Å². The van der Waals surface area contributed by atoms with Gasteiger partial charge in [0.2, 0.25) is 0 Å². The van der Waals surface area contributed by atoms with Crippen molar-refractivity contribution in [2.45, 2.75) is 22.7 Å². The molecule has 0 saturated heterocycles. The van der Waals surface area contributed by atoms with Gasteiger partial charge in [-0.2, -0.15) is 13.2 Å². The monoisotopic (exact) mass is 281 g/mol. The molecule has 0 aliphatic carbocycles. The van der Waals surface area contributed by atoms with Crippen molar-refractivity contribution in [1.82, 2.24) is 0 Å². The molecule has 0 aromatic heterocycles. The fraction of sp³-hybridized carbons (Fsp3) is 0.455. The molecule has 0 bridgehead atoms. The molecular formula is C11H14F3NO2S. The zero-order valence-corrected chi connectivity index (χ0v) is 10.6. The Balaban J connectivity index is 2.94. The van der Waals surface area contributed by atoms with E-state index in [1.54, 1.807) is 0 Å². The zero-order valence-electron chi connectivity index (χ0n) is 9.74. The number of halogens is 3. The van der Waals surface area contributed by atoms with Crippen molar-refractivity contribution in [1.29, 1.82) is 0 Å². The first kappa shape index (κ1) is 15.0. The van der Waals surface area contributed by atoms with E-state index in [1.807, 2.05) is 0 Å². The predicted molar refractivity (Wildman–Crippen MR) is 62.9 cm³/mol. The Morgan fingerprint density at radius 2 is 1.89 bits per heavy atom. The first-order chi connectivity index (χ1) is 8.40. The summed E-state index contributed by atoms with van der Waals surface area (Å²) in [5.41, 5.74) is 5.13. The van der Waals surface area contributed by atoms with Gasteiger partial charge in [-0.25, -0.2) is 0 Å². The Hall–Kier alpha value is -1.08. The first-order valence-corrected chi connectivity index (χ1v) is 6.43. The van der Waals surface area contributed by atoms with Gasteiger partial charge in [0, 0.05) is 4.90 Å². The van der Waals surface area contributed by atoms with E-state index >= 15 is 0 Å². The molecule has 102 valence electrons. The Kier molecular flexibility index (Phi) is 5.15. The summed E-state index contributed by atoms with van der Waals surface area (Å²) >= 11 is 0. The molecule has 0 saturated carbocycles. The number of ether oxygens (including phenoxy) is 1. The van der Waals surface area contributed by atoms with Crippen molar-refractivity contribution in [3.63, 3.8) is 0 Å². The second kappa shape index (κ2) is 6.19. The quantitative estimate of drug-likeness (QED) is 0.899. The molecule has 0 spiro atoms. The molecule has 2 N–H and O–H groups in total. The van der Waals surface area contributed by atoms with E-state index in [0.29, 0.717) is 5.75 Å². The summed E-state index contributed by atoms with van der Waals surface area (Å²) in [5, 5.41) is -1.93. The van der Waals surface area contributed by atoms with Gasteiger partial charge in [-0.15, -0.1) is 0 Å². The lowest BCUT2D eigenvalue weighted by molar-refractivity contribution is -0.130. The van der Waals surface area contributed by atoms with Crippen molar-refractivity contribution in [3.8, 4) is 5.75 Å². The van der Waals surface area contributed by atoms with E-state index in [9.17, 15) is 17.4 Å². The highest BCUT2D eigenvalue weighted by atomic mass is 32.2. The molecule has 7 heteroatoms. The van der Waals surface area contributed by atoms with Crippen LogP contribution in [0.2, 0.25) is 0 Å². The Labute approximate surface area is 106 Å². The van der Waals surface area contributed by atoms with Crippen LogP contribution >= 0.6 is 0 Å². The van der Waals surface area contributed by atoms with E-state index < -0.39 is 22.2 Å². The molecule has 0 aliphatic rings. The van der Waals surface area contributed by atoms with Crippen LogP contribution in [-0.2, 0) is 10.8 Å². The van der Waals surface area contributed by atoms with Gasteiger partial charge in [0.25, 0.3) is 0 Å². The van der Waals surface area contributed by atoms with Gasteiger partial charge < -0.3 is 10.5 Å². The van der Waals surface area contributed by atoms with Gasteiger partial charge in [0.15, 0.2) is 0 Å². The molecule has 2 atom stereocenters. The Morgan fingerprint density at radius 3 is 2.28 bits per heavy atom. The van der Waals surface area contributed by atoms with Crippen molar-refractivity contribution >= 4 is 10.8 Å². The summed E-state index contributed by atoms with van der Waals surface area (Å²) in [6.07, 6.45) is -4.88. The summed E-state index contributed by atoms with van der Waals surface area (Å²) in [6, 6.07) is 5.68. The maximum Gasteiger partial charge on any atom is 0.403 e. The standard InChI is InChI=1S/C11H14F3NO2S/c1-17-8-2-4-9(5-3-8)18(16)10(6-7-15)11(12,13)14/h2-5,10H,6-7,15H2,1H3. The third-order valence-electron chi connectivity index (χ3n) is 2.34. The number of hydrogen-bond donors (Lipinski definition) is 1. The molecule has 0 fully saturated rings. The van der Waals surface area contributed by atoms with Gasteiger partial charge in [-0.1, -0.05) is 0 Å². The summed E-state index contributed by atoms with van der Waals surface area (Å²) in [5.74, 6) is 0.498. The first-order valence-electron chi connectivity index (χ1n) is 5.21. The third kappa shape index (κ3) is 3.71. The smallest absolute Gasteiger partial charge is 0.403 e. The van der Waals surface area contributed by atoms with Crippen LogP contribution in [-0.4, -0.2) is 29.3 Å². The summed E-state index contributed by atoms with van der Waals surface area (Å²) < 4.78 is 54.9. The average Bonchev–Trinajstić information content (AvgIpc) is 2.34. The van der Waals surface area contributed by atoms with Gasteiger partial charge >= 0.3 is 6.18 Å². The minimum absolute atomic E-state index is 0.117. The average molecular weight is 281 g/mol. The van der Waals surface area contributed by atoms with Gasteiger partial charge in [0.05, 0.1) is 17.9 Å². The summed E-state index contributed by atoms with van der Waals surface area (Å²) in [7, 11) is -0.718. The maximum atomic E-state index is 12.7. The van der Waals surface area contributed by atoms with E-state index in [0.717, 1.165) is 0 Å². The highest BCUT2D eigenvalue weighted by Crippen LogP contribution is 2.30. The highest BCUT2D eigenvalue weighted by molar-refractivity contribution is 7.85. The van der Waals surface area contributed by atoms with E-state index in [4.69, 9.17) is 10.5 Å². The lowest BCUT2D eigenvalue weighted by Crippen LogP contribution is -2.35. The van der Waals surface area contributed by atoms with Crippen LogP contribution in [0.1, 0.15) is 6.42 Å². The maximum absolute atomic E-state index is 12.7. The molecular weight excluding hydrogens is 267 g/mol. The molecule has 0 heterocycles. The Bertz CT molecular complexity index is 406. The molecule has 18 heavy (non-hydrogen) atoms.